The van der Waals surface area contributed by atoms with Gasteiger partial charge in [-0.15, -0.1) is 0 Å². The predicted molar refractivity (Wildman–Crippen MR) is 81.9 cm³/mol. The van der Waals surface area contributed by atoms with Gasteiger partial charge in [-0.3, -0.25) is 0 Å². The topological polar surface area (TPSA) is 70.5 Å². The van der Waals surface area contributed by atoms with Gasteiger partial charge in [0.25, 0.3) is 10.0 Å². The summed E-state index contributed by atoms with van der Waals surface area (Å²) in [6.07, 6.45) is -0.157. The highest BCUT2D eigenvalue weighted by molar-refractivity contribution is 7.91. The van der Waals surface area contributed by atoms with Crippen LogP contribution in [0.3, 0.4) is 0 Å². The van der Waals surface area contributed by atoms with Crippen molar-refractivity contribution in [2.75, 3.05) is 13.1 Å². The molecular formula is C13H13ClN2O3S2. The van der Waals surface area contributed by atoms with E-state index in [0.717, 1.165) is 11.3 Å². The van der Waals surface area contributed by atoms with Crippen LogP contribution in [0.25, 0.3) is 11.3 Å². The molecule has 0 aliphatic carbocycles. The van der Waals surface area contributed by atoms with Crippen molar-refractivity contribution in [3.05, 3.63) is 34.8 Å². The smallest absolute Gasteiger partial charge is 0.254 e. The Kier molecular flexibility index (Phi) is 4.02. The fourth-order valence-corrected chi connectivity index (χ4v) is 5.61. The highest BCUT2D eigenvalue weighted by atomic mass is 35.5. The second kappa shape index (κ2) is 5.66. The van der Waals surface area contributed by atoms with Crippen LogP contribution in [0.1, 0.15) is 6.42 Å². The van der Waals surface area contributed by atoms with E-state index in [1.165, 1.54) is 4.31 Å². The number of aliphatic hydroxyl groups is 1. The Morgan fingerprint density at radius 3 is 2.67 bits per heavy atom. The van der Waals surface area contributed by atoms with Gasteiger partial charge < -0.3 is 5.11 Å². The maximum absolute atomic E-state index is 12.7. The van der Waals surface area contributed by atoms with Crippen LogP contribution in [0, 0.1) is 0 Å². The molecule has 1 N–H and O–H groups in total. The molecule has 2 heterocycles. The van der Waals surface area contributed by atoms with Crippen molar-refractivity contribution in [2.24, 2.45) is 0 Å². The summed E-state index contributed by atoms with van der Waals surface area (Å²) in [6, 6.07) is 9.08. The SMILES string of the molecule is O=S(=O)(c1sc(Cl)nc1-c1ccccc1)N1CC[C@@H](O)C1. The van der Waals surface area contributed by atoms with Gasteiger partial charge in [0.1, 0.15) is 5.69 Å². The molecule has 1 atom stereocenters. The molecule has 0 bridgehead atoms. The Labute approximate surface area is 131 Å². The Hall–Kier alpha value is -0.990. The molecule has 0 spiro atoms. The molecule has 3 rings (SSSR count). The third kappa shape index (κ3) is 2.84. The fraction of sp³-hybridized carbons (Fsp3) is 0.308. The minimum Gasteiger partial charge on any atom is -0.392 e. The summed E-state index contributed by atoms with van der Waals surface area (Å²) in [5, 5.41) is 9.56. The highest BCUT2D eigenvalue weighted by Crippen LogP contribution is 2.36. The highest BCUT2D eigenvalue weighted by Gasteiger charge is 2.35. The molecule has 5 nitrogen and oxygen atoms in total. The molecule has 0 radical (unpaired) electrons. The van der Waals surface area contributed by atoms with Gasteiger partial charge in [0.15, 0.2) is 8.68 Å². The minimum atomic E-state index is -3.68. The lowest BCUT2D eigenvalue weighted by atomic mass is 10.2. The summed E-state index contributed by atoms with van der Waals surface area (Å²) in [4.78, 5) is 4.15. The molecule has 112 valence electrons. The number of hydrogen-bond donors (Lipinski definition) is 1. The Bertz CT molecular complexity index is 746. The van der Waals surface area contributed by atoms with Crippen LogP contribution in [-0.4, -0.2) is 42.0 Å². The third-order valence-corrected chi connectivity index (χ3v) is 6.83. The molecule has 1 aromatic carbocycles. The fourth-order valence-electron chi connectivity index (χ4n) is 2.28. The van der Waals surface area contributed by atoms with E-state index in [0.29, 0.717) is 24.2 Å². The number of rotatable bonds is 3. The average molecular weight is 345 g/mol. The number of benzene rings is 1. The predicted octanol–water partition coefficient (Wildman–Crippen LogP) is 2.22. The number of β-amino-alcohol motifs (C(OH)–C–C–N with tert-alkyl or cyclic N) is 1. The van der Waals surface area contributed by atoms with Gasteiger partial charge in [0.2, 0.25) is 0 Å². The molecule has 8 heteroatoms. The van der Waals surface area contributed by atoms with Crippen molar-refractivity contribution in [3.8, 4) is 11.3 Å². The van der Waals surface area contributed by atoms with E-state index in [1.54, 1.807) is 12.1 Å². The van der Waals surface area contributed by atoms with E-state index in [9.17, 15) is 13.5 Å². The van der Waals surface area contributed by atoms with Crippen LogP contribution in [-0.2, 0) is 10.0 Å². The van der Waals surface area contributed by atoms with Gasteiger partial charge in [-0.2, -0.15) is 4.31 Å². The standard InChI is InChI=1S/C13H13ClN2O3S2/c14-13-15-11(9-4-2-1-3-5-9)12(20-13)21(18,19)16-7-6-10(17)8-16/h1-5,10,17H,6-8H2/t10-/m1/s1. The number of sulfonamides is 1. The van der Waals surface area contributed by atoms with Gasteiger partial charge in [0, 0.05) is 18.7 Å². The maximum atomic E-state index is 12.7. The number of aliphatic hydroxyl groups excluding tert-OH is 1. The Morgan fingerprint density at radius 2 is 2.05 bits per heavy atom. The van der Waals surface area contributed by atoms with Gasteiger partial charge in [-0.05, 0) is 6.42 Å². The largest absolute Gasteiger partial charge is 0.392 e. The summed E-state index contributed by atoms with van der Waals surface area (Å²) < 4.78 is 27.0. The molecule has 1 aliphatic heterocycles. The van der Waals surface area contributed by atoms with Gasteiger partial charge in [-0.1, -0.05) is 53.3 Å². The van der Waals surface area contributed by atoms with Crippen LogP contribution >= 0.6 is 22.9 Å². The lowest BCUT2D eigenvalue weighted by Gasteiger charge is -2.15. The van der Waals surface area contributed by atoms with E-state index >= 15 is 0 Å². The van der Waals surface area contributed by atoms with E-state index in [4.69, 9.17) is 11.6 Å². The van der Waals surface area contributed by atoms with Crippen molar-refractivity contribution < 1.29 is 13.5 Å². The summed E-state index contributed by atoms with van der Waals surface area (Å²) in [7, 11) is -3.68. The van der Waals surface area contributed by atoms with Crippen LogP contribution in [0.5, 0.6) is 0 Å². The summed E-state index contributed by atoms with van der Waals surface area (Å²) in [5.41, 5.74) is 1.07. The summed E-state index contributed by atoms with van der Waals surface area (Å²) in [6.45, 7) is 0.430. The molecular weight excluding hydrogens is 332 g/mol. The van der Waals surface area contributed by atoms with E-state index in [1.807, 2.05) is 18.2 Å². The zero-order valence-electron chi connectivity index (χ0n) is 10.9. The van der Waals surface area contributed by atoms with E-state index in [-0.39, 0.29) is 15.2 Å². The van der Waals surface area contributed by atoms with Gasteiger partial charge in [-0.25, -0.2) is 13.4 Å². The zero-order valence-corrected chi connectivity index (χ0v) is 13.3. The molecule has 21 heavy (non-hydrogen) atoms. The van der Waals surface area contributed by atoms with Crippen LogP contribution in [0.4, 0.5) is 0 Å². The average Bonchev–Trinajstić information content (AvgIpc) is 3.06. The lowest BCUT2D eigenvalue weighted by molar-refractivity contribution is 0.189. The monoisotopic (exact) mass is 344 g/mol. The van der Waals surface area contributed by atoms with Crippen LogP contribution < -0.4 is 0 Å². The summed E-state index contributed by atoms with van der Waals surface area (Å²) in [5.74, 6) is 0. The van der Waals surface area contributed by atoms with Crippen molar-refractivity contribution in [2.45, 2.75) is 16.7 Å². The van der Waals surface area contributed by atoms with Crippen molar-refractivity contribution in [1.82, 2.24) is 9.29 Å². The van der Waals surface area contributed by atoms with Crippen LogP contribution in [0.15, 0.2) is 34.5 Å². The Balaban J connectivity index is 2.07. The first kappa shape index (κ1) is 14.9. The second-order valence-electron chi connectivity index (χ2n) is 4.77. The normalized spacial score (nSPS) is 20.0. The molecule has 0 amide bonds. The van der Waals surface area contributed by atoms with E-state index in [2.05, 4.69) is 4.98 Å². The molecule has 1 fully saturated rings. The number of thiazole rings is 1. The molecule has 0 unspecified atom stereocenters. The molecule has 1 aromatic heterocycles. The number of hydrogen-bond acceptors (Lipinski definition) is 5. The van der Waals surface area contributed by atoms with Crippen molar-refractivity contribution in [1.29, 1.82) is 0 Å². The van der Waals surface area contributed by atoms with Crippen molar-refractivity contribution in [3.63, 3.8) is 0 Å². The van der Waals surface area contributed by atoms with Gasteiger partial charge in [0.05, 0.1) is 6.10 Å². The van der Waals surface area contributed by atoms with E-state index < -0.39 is 16.1 Å². The molecule has 1 aliphatic rings. The first-order chi connectivity index (χ1) is 9.98. The minimum absolute atomic E-state index is 0.117. The zero-order chi connectivity index (χ0) is 15.0. The first-order valence-corrected chi connectivity index (χ1v) is 9.02. The van der Waals surface area contributed by atoms with Crippen molar-refractivity contribution >= 4 is 33.0 Å². The second-order valence-corrected chi connectivity index (χ2v) is 8.49. The third-order valence-electron chi connectivity index (χ3n) is 3.32. The van der Waals surface area contributed by atoms with Crippen LogP contribution in [0.2, 0.25) is 4.47 Å². The summed E-state index contributed by atoms with van der Waals surface area (Å²) >= 11 is 6.88. The number of aromatic nitrogens is 1. The maximum Gasteiger partial charge on any atom is 0.254 e. The lowest BCUT2D eigenvalue weighted by Crippen LogP contribution is -2.29. The number of halogens is 1. The molecule has 2 aromatic rings. The van der Waals surface area contributed by atoms with Gasteiger partial charge >= 0.3 is 0 Å². The Morgan fingerprint density at radius 1 is 1.33 bits per heavy atom. The first-order valence-electron chi connectivity index (χ1n) is 6.38. The number of nitrogens with zero attached hydrogens (tertiary/aromatic N) is 2. The quantitative estimate of drug-likeness (QED) is 0.926. The molecule has 0 saturated carbocycles. The molecule has 1 saturated heterocycles.